The summed E-state index contributed by atoms with van der Waals surface area (Å²) in [6, 6.07) is 15.1. The molecule has 1 N–H and O–H groups in total. The van der Waals surface area contributed by atoms with Crippen LogP contribution in [0.5, 0.6) is 0 Å². The van der Waals surface area contributed by atoms with Crippen molar-refractivity contribution in [2.45, 2.75) is 19.9 Å². The molecule has 0 bridgehead atoms. The van der Waals surface area contributed by atoms with Crippen LogP contribution in [-0.2, 0) is 13.0 Å². The molecule has 0 aliphatic carbocycles. The average molecular weight is 347 g/mol. The number of aromatic amines is 1. The molecule has 0 aliphatic rings. The van der Waals surface area contributed by atoms with Gasteiger partial charge in [-0.1, -0.05) is 60.6 Å². The van der Waals surface area contributed by atoms with Crippen molar-refractivity contribution >= 4 is 16.7 Å². The lowest BCUT2D eigenvalue weighted by molar-refractivity contribution is 0.0971. The van der Waals surface area contributed by atoms with Crippen LogP contribution < -0.4 is 5.76 Å². The lowest BCUT2D eigenvalue weighted by atomic mass is 10.0. The zero-order valence-electron chi connectivity index (χ0n) is 14.2. The van der Waals surface area contributed by atoms with Gasteiger partial charge in [-0.25, -0.2) is 9.36 Å². The van der Waals surface area contributed by atoms with E-state index >= 15 is 0 Å². The number of ketones is 1. The molecule has 0 saturated heterocycles. The minimum absolute atomic E-state index is 0.129. The molecule has 6 heteroatoms. The second-order valence-electron chi connectivity index (χ2n) is 6.04. The first-order chi connectivity index (χ1) is 12.7. The molecule has 2 heterocycles. The molecule has 0 radical (unpaired) electrons. The van der Waals surface area contributed by atoms with Gasteiger partial charge in [0.05, 0.1) is 6.54 Å². The highest BCUT2D eigenvalue weighted by atomic mass is 16.5. The van der Waals surface area contributed by atoms with E-state index in [4.69, 9.17) is 4.52 Å². The fraction of sp³-hybridized carbons (Fsp3) is 0.150. The van der Waals surface area contributed by atoms with Crippen molar-refractivity contribution in [3.05, 3.63) is 76.4 Å². The summed E-state index contributed by atoms with van der Waals surface area (Å²) in [5, 5.41) is 4.69. The second kappa shape index (κ2) is 6.48. The Morgan fingerprint density at radius 3 is 2.73 bits per heavy atom. The van der Waals surface area contributed by atoms with Crippen LogP contribution in [0.2, 0.25) is 0 Å². The van der Waals surface area contributed by atoms with E-state index in [0.717, 1.165) is 28.5 Å². The van der Waals surface area contributed by atoms with Gasteiger partial charge in [-0.05, 0) is 12.0 Å². The number of fused-ring (bicyclic) bond motifs is 1. The highest BCUT2D eigenvalue weighted by Gasteiger charge is 2.19. The van der Waals surface area contributed by atoms with Crippen LogP contribution in [0.25, 0.3) is 22.3 Å². The third-order valence-corrected chi connectivity index (χ3v) is 4.50. The first-order valence-electron chi connectivity index (χ1n) is 8.43. The molecule has 0 spiro atoms. The number of hydrogen-bond acceptors (Lipinski definition) is 4. The van der Waals surface area contributed by atoms with E-state index in [2.05, 4.69) is 17.1 Å². The molecule has 130 valence electrons. The number of hydrogen-bond donors (Lipinski definition) is 1. The van der Waals surface area contributed by atoms with E-state index in [1.54, 1.807) is 6.20 Å². The number of aromatic nitrogens is 3. The predicted molar refractivity (Wildman–Crippen MR) is 98.2 cm³/mol. The first-order valence-corrected chi connectivity index (χ1v) is 8.43. The number of carbonyl (C=O) groups excluding carboxylic acids is 1. The summed E-state index contributed by atoms with van der Waals surface area (Å²) in [5.74, 6) is -0.476. The monoisotopic (exact) mass is 347 g/mol. The number of nitrogens with one attached hydrogen (secondary N) is 1. The number of benzene rings is 2. The lowest BCUT2D eigenvalue weighted by Gasteiger charge is -2.04. The Labute approximate surface area is 149 Å². The number of aryl methyl sites for hydroxylation is 1. The number of Topliss-reactive ketones (excluding diaryl/α,β-unsaturated/α-hetero) is 1. The Morgan fingerprint density at radius 1 is 1.15 bits per heavy atom. The Morgan fingerprint density at radius 2 is 1.96 bits per heavy atom. The highest BCUT2D eigenvalue weighted by Crippen LogP contribution is 2.23. The molecule has 6 nitrogen and oxygen atoms in total. The lowest BCUT2D eigenvalue weighted by Crippen LogP contribution is -2.21. The third-order valence-electron chi connectivity index (χ3n) is 4.50. The van der Waals surface area contributed by atoms with Gasteiger partial charge < -0.3 is 4.98 Å². The van der Waals surface area contributed by atoms with E-state index in [0.29, 0.717) is 11.4 Å². The Kier molecular flexibility index (Phi) is 4.01. The average Bonchev–Trinajstić information content (AvgIpc) is 3.26. The molecule has 0 fully saturated rings. The minimum atomic E-state index is -0.647. The topological polar surface area (TPSA) is 80.9 Å². The molecule has 0 aliphatic heterocycles. The maximum Gasteiger partial charge on any atom is 0.442 e. The smallest absolute Gasteiger partial charge is 0.360 e. The van der Waals surface area contributed by atoms with E-state index < -0.39 is 5.76 Å². The molecule has 4 aromatic rings. The largest absolute Gasteiger partial charge is 0.442 e. The Hall–Kier alpha value is -3.41. The van der Waals surface area contributed by atoms with Crippen molar-refractivity contribution in [2.24, 2.45) is 0 Å². The van der Waals surface area contributed by atoms with Gasteiger partial charge in [0, 0.05) is 28.2 Å². The summed E-state index contributed by atoms with van der Waals surface area (Å²) in [4.78, 5) is 28.1. The zero-order chi connectivity index (χ0) is 18.1. The summed E-state index contributed by atoms with van der Waals surface area (Å²) in [7, 11) is 0. The third kappa shape index (κ3) is 2.65. The van der Waals surface area contributed by atoms with Crippen LogP contribution in [0.15, 0.2) is 64.0 Å². The van der Waals surface area contributed by atoms with Gasteiger partial charge in [-0.2, -0.15) is 0 Å². The van der Waals surface area contributed by atoms with Crippen LogP contribution in [0.3, 0.4) is 0 Å². The van der Waals surface area contributed by atoms with E-state index in [1.807, 2.05) is 48.5 Å². The van der Waals surface area contributed by atoms with E-state index in [-0.39, 0.29) is 12.3 Å². The van der Waals surface area contributed by atoms with Crippen LogP contribution in [0.1, 0.15) is 22.8 Å². The summed E-state index contributed by atoms with van der Waals surface area (Å²) in [6.07, 6.45) is 2.57. The van der Waals surface area contributed by atoms with Gasteiger partial charge in [0.1, 0.15) is 0 Å². The Bertz CT molecular complexity index is 1140. The van der Waals surface area contributed by atoms with Gasteiger partial charge in [-0.15, -0.1) is 0 Å². The van der Waals surface area contributed by atoms with Crippen LogP contribution >= 0.6 is 0 Å². The molecule has 4 rings (SSSR count). The maximum atomic E-state index is 12.9. The van der Waals surface area contributed by atoms with Crippen LogP contribution in [-0.4, -0.2) is 20.5 Å². The fourth-order valence-electron chi connectivity index (χ4n) is 3.17. The minimum Gasteiger partial charge on any atom is -0.360 e. The summed E-state index contributed by atoms with van der Waals surface area (Å²) in [6.45, 7) is 1.94. The molecule has 0 atom stereocenters. The quantitative estimate of drug-likeness (QED) is 0.561. The van der Waals surface area contributed by atoms with Gasteiger partial charge in [0.15, 0.2) is 11.6 Å². The van der Waals surface area contributed by atoms with Crippen molar-refractivity contribution in [3.8, 4) is 11.4 Å². The standard InChI is InChI=1S/C20H17N3O3/c1-2-13-9-6-10-15-16(11-21-18(13)15)17(24)12-23-19(22-26-20(23)25)14-7-4-3-5-8-14/h3-11,21H,2,12H2,1H3. The summed E-state index contributed by atoms with van der Waals surface area (Å²) >= 11 is 0. The maximum absolute atomic E-state index is 12.9. The number of rotatable bonds is 5. The van der Waals surface area contributed by atoms with Crippen molar-refractivity contribution in [2.75, 3.05) is 0 Å². The van der Waals surface area contributed by atoms with Gasteiger partial charge >= 0.3 is 5.76 Å². The molecule has 2 aromatic heterocycles. The molecule has 0 saturated carbocycles. The van der Waals surface area contributed by atoms with Crippen molar-refractivity contribution in [3.63, 3.8) is 0 Å². The van der Waals surface area contributed by atoms with Gasteiger partial charge in [0.25, 0.3) is 0 Å². The molecule has 0 unspecified atom stereocenters. The summed E-state index contributed by atoms with van der Waals surface area (Å²) in [5.41, 5.74) is 3.38. The van der Waals surface area contributed by atoms with Gasteiger partial charge in [-0.3, -0.25) is 9.32 Å². The SMILES string of the molecule is CCc1cccc2c(C(=O)Cn3c(-c4ccccc4)noc3=O)c[nH]c12. The van der Waals surface area contributed by atoms with E-state index in [1.165, 1.54) is 4.57 Å². The van der Waals surface area contributed by atoms with Crippen molar-refractivity contribution in [1.82, 2.24) is 14.7 Å². The fourth-order valence-corrected chi connectivity index (χ4v) is 3.17. The molecular weight excluding hydrogens is 330 g/mol. The Balaban J connectivity index is 1.72. The summed E-state index contributed by atoms with van der Waals surface area (Å²) < 4.78 is 6.05. The highest BCUT2D eigenvalue weighted by molar-refractivity contribution is 6.08. The number of carbonyl (C=O) groups is 1. The molecule has 2 aromatic carbocycles. The zero-order valence-corrected chi connectivity index (χ0v) is 14.2. The van der Waals surface area contributed by atoms with Gasteiger partial charge in [0.2, 0.25) is 0 Å². The first kappa shape index (κ1) is 16.1. The van der Waals surface area contributed by atoms with Crippen molar-refractivity contribution in [1.29, 1.82) is 0 Å². The molecule has 26 heavy (non-hydrogen) atoms. The van der Waals surface area contributed by atoms with Crippen LogP contribution in [0, 0.1) is 0 Å². The second-order valence-corrected chi connectivity index (χ2v) is 6.04. The van der Waals surface area contributed by atoms with Crippen LogP contribution in [0.4, 0.5) is 0 Å². The van der Waals surface area contributed by atoms with Crippen molar-refractivity contribution < 1.29 is 9.32 Å². The number of para-hydroxylation sites is 1. The molecular formula is C20H17N3O3. The molecule has 0 amide bonds. The number of H-pyrrole nitrogens is 1. The van der Waals surface area contributed by atoms with E-state index in [9.17, 15) is 9.59 Å². The predicted octanol–water partition coefficient (Wildman–Crippen LogP) is 3.43. The number of nitrogens with zero attached hydrogens (tertiary/aromatic N) is 2. The normalized spacial score (nSPS) is 11.1.